The number of benzene rings is 2. The molecule has 0 spiro atoms. The van der Waals surface area contributed by atoms with Crippen molar-refractivity contribution in [2.45, 2.75) is 6.04 Å². The largest absolute Gasteiger partial charge is 0.493 e. The highest BCUT2D eigenvalue weighted by molar-refractivity contribution is 6.42. The lowest BCUT2D eigenvalue weighted by Crippen LogP contribution is -2.30. The first-order valence-electron chi connectivity index (χ1n) is 8.71. The number of nitrogens with zero attached hydrogens (tertiary/aromatic N) is 1. The van der Waals surface area contributed by atoms with Crippen molar-refractivity contribution in [1.82, 2.24) is 0 Å². The number of anilines is 2. The molecule has 2 aromatic rings. The molecule has 3 aliphatic heterocycles. The normalized spacial score (nSPS) is 19.0. The number of carbonyl (C=O) groups is 2. The fraction of sp³-hybridized carbons (Fsp3) is 0.200. The minimum absolute atomic E-state index is 0.0784. The number of fused-ring (bicyclic) bond motifs is 6. The van der Waals surface area contributed by atoms with Crippen LogP contribution in [0.4, 0.5) is 11.4 Å². The van der Waals surface area contributed by atoms with Gasteiger partial charge in [0.15, 0.2) is 11.5 Å². The summed E-state index contributed by atoms with van der Waals surface area (Å²) in [5, 5.41) is 3.81. The predicted molar refractivity (Wildman–Crippen MR) is 107 cm³/mol. The molecule has 0 fully saturated rings. The second-order valence-corrected chi connectivity index (χ2v) is 7.53. The zero-order valence-electron chi connectivity index (χ0n) is 15.3. The lowest BCUT2D eigenvalue weighted by molar-refractivity contribution is -0.136. The van der Waals surface area contributed by atoms with E-state index in [1.807, 2.05) is 0 Å². The summed E-state index contributed by atoms with van der Waals surface area (Å²) in [6, 6.07) is 6.03. The average molecular weight is 433 g/mol. The van der Waals surface area contributed by atoms with E-state index in [-0.39, 0.29) is 12.5 Å². The monoisotopic (exact) mass is 432 g/mol. The topological polar surface area (TPSA) is 77.1 Å². The highest BCUT2D eigenvalue weighted by Gasteiger charge is 2.49. The molecule has 0 aliphatic carbocycles. The Morgan fingerprint density at radius 3 is 2.62 bits per heavy atom. The van der Waals surface area contributed by atoms with Crippen molar-refractivity contribution in [3.8, 4) is 11.5 Å². The summed E-state index contributed by atoms with van der Waals surface area (Å²) in [7, 11) is 2.97. The van der Waals surface area contributed by atoms with Crippen LogP contribution >= 0.6 is 23.2 Å². The third kappa shape index (κ3) is 2.37. The molecule has 148 valence electrons. The fourth-order valence-electron chi connectivity index (χ4n) is 4.10. The molecule has 1 amide bonds. The van der Waals surface area contributed by atoms with Crippen LogP contribution < -0.4 is 19.7 Å². The van der Waals surface area contributed by atoms with Crippen molar-refractivity contribution in [3.63, 3.8) is 0 Å². The van der Waals surface area contributed by atoms with Gasteiger partial charge in [-0.2, -0.15) is 0 Å². The van der Waals surface area contributed by atoms with Crippen molar-refractivity contribution < 1.29 is 23.8 Å². The number of rotatable bonds is 2. The molecular formula is C20H14Cl2N2O5. The lowest BCUT2D eigenvalue weighted by Gasteiger charge is -2.25. The molecule has 1 N–H and O–H groups in total. The number of methoxy groups -OCH3 is 2. The van der Waals surface area contributed by atoms with E-state index in [2.05, 4.69) is 5.32 Å². The molecule has 3 heterocycles. The van der Waals surface area contributed by atoms with E-state index in [1.54, 1.807) is 24.3 Å². The van der Waals surface area contributed by atoms with Gasteiger partial charge in [-0.3, -0.25) is 9.69 Å². The van der Waals surface area contributed by atoms with Gasteiger partial charge in [0.25, 0.3) is 5.91 Å². The number of hydrogen-bond acceptors (Lipinski definition) is 6. The maximum absolute atomic E-state index is 13.6. The molecule has 29 heavy (non-hydrogen) atoms. The molecule has 2 aromatic carbocycles. The molecule has 0 aromatic heterocycles. The Morgan fingerprint density at radius 1 is 1.14 bits per heavy atom. The van der Waals surface area contributed by atoms with Crippen LogP contribution in [0.1, 0.15) is 22.0 Å². The summed E-state index contributed by atoms with van der Waals surface area (Å²) < 4.78 is 16.1. The van der Waals surface area contributed by atoms with Crippen molar-refractivity contribution in [2.75, 3.05) is 31.0 Å². The van der Waals surface area contributed by atoms with Crippen LogP contribution in [0.2, 0.25) is 10.0 Å². The summed E-state index contributed by atoms with van der Waals surface area (Å²) >= 11 is 12.5. The molecule has 1 unspecified atom stereocenters. The molecule has 0 saturated heterocycles. The van der Waals surface area contributed by atoms with Gasteiger partial charge in [0.1, 0.15) is 6.61 Å². The predicted octanol–water partition coefficient (Wildman–Crippen LogP) is 3.95. The van der Waals surface area contributed by atoms with E-state index in [0.29, 0.717) is 55.3 Å². The van der Waals surface area contributed by atoms with Gasteiger partial charge in [0.2, 0.25) is 0 Å². The first-order valence-corrected chi connectivity index (χ1v) is 9.46. The Labute approximate surface area is 175 Å². The Balaban J connectivity index is 1.83. The van der Waals surface area contributed by atoms with E-state index < -0.39 is 12.0 Å². The van der Waals surface area contributed by atoms with Crippen LogP contribution in [0, 0.1) is 0 Å². The van der Waals surface area contributed by atoms with Crippen LogP contribution in [-0.4, -0.2) is 32.7 Å². The molecular weight excluding hydrogens is 419 g/mol. The Hall–Kier alpha value is -2.90. The molecule has 7 nitrogen and oxygen atoms in total. The highest BCUT2D eigenvalue weighted by atomic mass is 35.5. The molecule has 0 saturated carbocycles. The maximum Gasteiger partial charge on any atom is 0.338 e. The molecule has 3 aliphatic rings. The van der Waals surface area contributed by atoms with Crippen LogP contribution in [0.3, 0.4) is 0 Å². The lowest BCUT2D eigenvalue weighted by atomic mass is 9.96. The maximum atomic E-state index is 13.6. The Kier molecular flexibility index (Phi) is 3.94. The van der Waals surface area contributed by atoms with Crippen molar-refractivity contribution in [2.24, 2.45) is 0 Å². The Bertz CT molecular complexity index is 1140. The van der Waals surface area contributed by atoms with Crippen LogP contribution in [-0.2, 0) is 9.53 Å². The van der Waals surface area contributed by atoms with Gasteiger partial charge in [0, 0.05) is 0 Å². The van der Waals surface area contributed by atoms with E-state index in [1.165, 1.54) is 19.1 Å². The first kappa shape index (κ1) is 18.1. The Morgan fingerprint density at radius 2 is 1.90 bits per heavy atom. The molecule has 1 atom stereocenters. The van der Waals surface area contributed by atoms with Gasteiger partial charge in [-0.25, -0.2) is 4.79 Å². The molecule has 0 bridgehead atoms. The van der Waals surface area contributed by atoms with Crippen molar-refractivity contribution >= 4 is 46.5 Å². The number of carbonyl (C=O) groups excluding carboxylic acids is 2. The van der Waals surface area contributed by atoms with Crippen LogP contribution in [0.5, 0.6) is 11.5 Å². The molecule has 0 radical (unpaired) electrons. The SMILES string of the molecule is COc1ccc2c(c1OC)C(=O)N1c3cc(Cl)c(Cl)cc3NC3=C(C(=O)OC3)C21. The van der Waals surface area contributed by atoms with Crippen molar-refractivity contribution in [3.05, 3.63) is 56.7 Å². The van der Waals surface area contributed by atoms with Crippen LogP contribution in [0.15, 0.2) is 35.5 Å². The fourth-order valence-corrected chi connectivity index (χ4v) is 4.42. The number of ether oxygens (including phenoxy) is 3. The zero-order chi connectivity index (χ0) is 20.4. The summed E-state index contributed by atoms with van der Waals surface area (Å²) in [5.41, 5.74) is 2.97. The molecule has 5 rings (SSSR count). The number of amides is 1. The van der Waals surface area contributed by atoms with Gasteiger partial charge >= 0.3 is 5.97 Å². The quantitative estimate of drug-likeness (QED) is 0.723. The zero-order valence-corrected chi connectivity index (χ0v) is 16.9. The summed E-state index contributed by atoms with van der Waals surface area (Å²) in [5.74, 6) is -0.0855. The molecule has 9 heteroatoms. The number of cyclic esters (lactones) is 1. The van der Waals surface area contributed by atoms with Crippen molar-refractivity contribution in [1.29, 1.82) is 0 Å². The summed E-state index contributed by atoms with van der Waals surface area (Å²) in [6.45, 7) is 0.0784. The summed E-state index contributed by atoms with van der Waals surface area (Å²) in [4.78, 5) is 27.7. The van der Waals surface area contributed by atoms with E-state index in [0.717, 1.165) is 0 Å². The third-order valence-corrected chi connectivity index (χ3v) is 6.04. The highest BCUT2D eigenvalue weighted by Crippen LogP contribution is 2.53. The minimum atomic E-state index is -0.687. The number of halogens is 2. The smallest absolute Gasteiger partial charge is 0.338 e. The summed E-state index contributed by atoms with van der Waals surface area (Å²) in [6.07, 6.45) is 0. The minimum Gasteiger partial charge on any atom is -0.493 e. The number of nitrogens with one attached hydrogen (secondary N) is 1. The van der Waals surface area contributed by atoms with Gasteiger partial charge in [-0.15, -0.1) is 0 Å². The second-order valence-electron chi connectivity index (χ2n) is 6.72. The van der Waals surface area contributed by atoms with E-state index in [9.17, 15) is 9.59 Å². The first-order chi connectivity index (χ1) is 14.0. The van der Waals surface area contributed by atoms with Gasteiger partial charge < -0.3 is 19.5 Å². The van der Waals surface area contributed by atoms with E-state index in [4.69, 9.17) is 37.4 Å². The number of hydrogen-bond donors (Lipinski definition) is 1. The van der Waals surface area contributed by atoms with Gasteiger partial charge in [-0.05, 0) is 23.8 Å². The standard InChI is InChI=1S/C20H14Cl2N2O5/c1-27-14-4-3-8-15(18(14)28-2)19(25)24-13-6-10(22)9(21)5-11(13)23-12-7-29-20(26)16(12)17(8)24/h3-6,17,23H,7H2,1-2H3. The average Bonchev–Trinajstić information content (AvgIpc) is 3.15. The number of esters is 1. The third-order valence-electron chi connectivity index (χ3n) is 5.31. The van der Waals surface area contributed by atoms with Gasteiger partial charge in [0.05, 0.1) is 58.5 Å². The van der Waals surface area contributed by atoms with Gasteiger partial charge in [-0.1, -0.05) is 29.3 Å². The van der Waals surface area contributed by atoms with E-state index >= 15 is 0 Å². The second kappa shape index (κ2) is 6.30. The van der Waals surface area contributed by atoms with Crippen LogP contribution in [0.25, 0.3) is 0 Å².